The summed E-state index contributed by atoms with van der Waals surface area (Å²) in [5.74, 6) is 0.792. The summed E-state index contributed by atoms with van der Waals surface area (Å²) in [5.41, 5.74) is 0.943. The van der Waals surface area contributed by atoms with Crippen LogP contribution in [0.3, 0.4) is 0 Å². The minimum absolute atomic E-state index is 0.188. The molecule has 0 saturated heterocycles. The molecule has 4 heteroatoms. The lowest BCUT2D eigenvalue weighted by atomic mass is 10.2. The number of hydrogen-bond donors (Lipinski definition) is 1. The number of aliphatic hydroxyl groups is 1. The summed E-state index contributed by atoms with van der Waals surface area (Å²) in [7, 11) is 3.58. The number of ether oxygens (including phenoxy) is 1. The highest BCUT2D eigenvalue weighted by molar-refractivity contribution is 6.30. The van der Waals surface area contributed by atoms with E-state index in [0.717, 1.165) is 24.4 Å². The highest BCUT2D eigenvalue weighted by Gasteiger charge is 2.08. The van der Waals surface area contributed by atoms with Gasteiger partial charge in [-0.2, -0.15) is 0 Å². The quantitative estimate of drug-likeness (QED) is 0.840. The van der Waals surface area contributed by atoms with Crippen molar-refractivity contribution in [2.45, 2.75) is 6.42 Å². The van der Waals surface area contributed by atoms with Crippen LogP contribution in [0.25, 0.3) is 0 Å². The molecule has 0 aromatic heterocycles. The summed E-state index contributed by atoms with van der Waals surface area (Å²) in [6.45, 7) is 0.959. The summed E-state index contributed by atoms with van der Waals surface area (Å²) in [4.78, 5) is 2.01. The highest BCUT2D eigenvalue weighted by Crippen LogP contribution is 2.30. The van der Waals surface area contributed by atoms with Crippen molar-refractivity contribution in [2.75, 3.05) is 32.2 Å². The second-order valence-corrected chi connectivity index (χ2v) is 3.75. The SMILES string of the molecule is COc1ccc(Cl)cc1N(C)CCCO. The molecule has 1 aromatic rings. The lowest BCUT2D eigenvalue weighted by Crippen LogP contribution is -2.20. The molecule has 15 heavy (non-hydrogen) atoms. The third-order valence-electron chi connectivity index (χ3n) is 2.20. The van der Waals surface area contributed by atoms with E-state index in [1.807, 2.05) is 24.1 Å². The fourth-order valence-electron chi connectivity index (χ4n) is 1.39. The Kier molecular flexibility index (Phi) is 4.72. The predicted molar refractivity (Wildman–Crippen MR) is 63.0 cm³/mol. The van der Waals surface area contributed by atoms with Gasteiger partial charge in [0.05, 0.1) is 12.8 Å². The minimum atomic E-state index is 0.188. The van der Waals surface area contributed by atoms with Gasteiger partial charge < -0.3 is 14.7 Å². The summed E-state index contributed by atoms with van der Waals surface area (Å²) in [5, 5.41) is 9.44. The molecule has 0 atom stereocenters. The fourth-order valence-corrected chi connectivity index (χ4v) is 1.56. The zero-order valence-corrected chi connectivity index (χ0v) is 9.79. The number of aliphatic hydroxyl groups excluding tert-OH is 1. The molecule has 0 aliphatic heterocycles. The van der Waals surface area contributed by atoms with Gasteiger partial charge in [0.1, 0.15) is 5.75 Å². The van der Waals surface area contributed by atoms with Crippen LogP contribution in [-0.4, -0.2) is 32.4 Å². The van der Waals surface area contributed by atoms with Crippen LogP contribution in [-0.2, 0) is 0 Å². The number of rotatable bonds is 5. The van der Waals surface area contributed by atoms with Crippen molar-refractivity contribution in [2.24, 2.45) is 0 Å². The molecule has 3 nitrogen and oxygen atoms in total. The number of methoxy groups -OCH3 is 1. The van der Waals surface area contributed by atoms with Gasteiger partial charge >= 0.3 is 0 Å². The lowest BCUT2D eigenvalue weighted by molar-refractivity contribution is 0.290. The predicted octanol–water partition coefficient (Wildman–Crippen LogP) is 2.17. The van der Waals surface area contributed by atoms with Crippen LogP contribution in [0, 0.1) is 0 Å². The molecule has 1 aromatic carbocycles. The van der Waals surface area contributed by atoms with E-state index in [4.69, 9.17) is 21.4 Å². The Hall–Kier alpha value is -0.930. The van der Waals surface area contributed by atoms with Gasteiger partial charge in [0.2, 0.25) is 0 Å². The van der Waals surface area contributed by atoms with E-state index in [0.29, 0.717) is 5.02 Å². The average Bonchev–Trinajstić information content (AvgIpc) is 2.25. The van der Waals surface area contributed by atoms with Gasteiger partial charge in [-0.05, 0) is 24.6 Å². The van der Waals surface area contributed by atoms with E-state index in [1.54, 1.807) is 13.2 Å². The molecule has 0 radical (unpaired) electrons. The van der Waals surface area contributed by atoms with Crippen LogP contribution in [0.5, 0.6) is 5.75 Å². The van der Waals surface area contributed by atoms with Gasteiger partial charge in [-0.1, -0.05) is 11.6 Å². The Morgan fingerprint density at radius 2 is 2.20 bits per heavy atom. The highest BCUT2D eigenvalue weighted by atomic mass is 35.5. The molecule has 0 amide bonds. The molecule has 0 unspecified atom stereocenters. The summed E-state index contributed by atoms with van der Waals surface area (Å²) in [6, 6.07) is 5.49. The molecule has 1 N–H and O–H groups in total. The van der Waals surface area contributed by atoms with Crippen molar-refractivity contribution in [3.05, 3.63) is 23.2 Å². The Morgan fingerprint density at radius 3 is 2.80 bits per heavy atom. The van der Waals surface area contributed by atoms with E-state index in [1.165, 1.54) is 0 Å². The molecule has 0 spiro atoms. The molecule has 1 rings (SSSR count). The van der Waals surface area contributed by atoms with Crippen LogP contribution in [0.2, 0.25) is 5.02 Å². The molecule has 0 saturated carbocycles. The van der Waals surface area contributed by atoms with Crippen molar-refractivity contribution < 1.29 is 9.84 Å². The molecule has 0 heterocycles. The Labute approximate surface area is 95.2 Å². The molecule has 0 fully saturated rings. The Bertz CT molecular complexity index is 317. The van der Waals surface area contributed by atoms with Crippen molar-refractivity contribution >= 4 is 17.3 Å². The zero-order valence-electron chi connectivity index (χ0n) is 9.03. The largest absolute Gasteiger partial charge is 0.495 e. The second kappa shape index (κ2) is 5.83. The van der Waals surface area contributed by atoms with Gasteiger partial charge in [-0.15, -0.1) is 0 Å². The van der Waals surface area contributed by atoms with E-state index in [-0.39, 0.29) is 6.61 Å². The first-order chi connectivity index (χ1) is 7.19. The van der Waals surface area contributed by atoms with Gasteiger partial charge in [0.15, 0.2) is 0 Å². The van der Waals surface area contributed by atoms with Crippen molar-refractivity contribution in [3.63, 3.8) is 0 Å². The number of hydrogen-bond acceptors (Lipinski definition) is 3. The molecular formula is C11H16ClNO2. The first kappa shape index (κ1) is 12.1. The van der Waals surface area contributed by atoms with Crippen LogP contribution in [0.4, 0.5) is 5.69 Å². The molecule has 84 valence electrons. The monoisotopic (exact) mass is 229 g/mol. The molecule has 0 aliphatic rings. The number of halogens is 1. The lowest BCUT2D eigenvalue weighted by Gasteiger charge is -2.21. The fraction of sp³-hybridized carbons (Fsp3) is 0.455. The van der Waals surface area contributed by atoms with E-state index in [2.05, 4.69) is 0 Å². The number of benzene rings is 1. The topological polar surface area (TPSA) is 32.7 Å². The third-order valence-corrected chi connectivity index (χ3v) is 2.44. The average molecular weight is 230 g/mol. The van der Waals surface area contributed by atoms with Crippen LogP contribution >= 0.6 is 11.6 Å². The summed E-state index contributed by atoms with van der Waals surface area (Å²) >= 11 is 5.92. The number of nitrogens with zero attached hydrogens (tertiary/aromatic N) is 1. The summed E-state index contributed by atoms with van der Waals surface area (Å²) < 4.78 is 5.24. The molecular weight excluding hydrogens is 214 g/mol. The summed E-state index contributed by atoms with van der Waals surface area (Å²) in [6.07, 6.45) is 0.728. The molecule has 0 bridgehead atoms. The van der Waals surface area contributed by atoms with Crippen LogP contribution < -0.4 is 9.64 Å². The first-order valence-electron chi connectivity index (χ1n) is 4.84. The molecule has 0 aliphatic carbocycles. The first-order valence-corrected chi connectivity index (χ1v) is 5.22. The number of anilines is 1. The maximum Gasteiger partial charge on any atom is 0.142 e. The van der Waals surface area contributed by atoms with E-state index < -0.39 is 0 Å². The van der Waals surface area contributed by atoms with E-state index >= 15 is 0 Å². The minimum Gasteiger partial charge on any atom is -0.495 e. The third kappa shape index (κ3) is 3.29. The van der Waals surface area contributed by atoms with Gasteiger partial charge in [-0.25, -0.2) is 0 Å². The standard InChI is InChI=1S/C11H16ClNO2/c1-13(6-3-7-14)10-8-9(12)4-5-11(10)15-2/h4-5,8,14H,3,6-7H2,1-2H3. The Balaban J connectivity index is 2.85. The van der Waals surface area contributed by atoms with Crippen molar-refractivity contribution in [1.82, 2.24) is 0 Å². The second-order valence-electron chi connectivity index (χ2n) is 3.31. The van der Waals surface area contributed by atoms with E-state index in [9.17, 15) is 0 Å². The van der Waals surface area contributed by atoms with Gasteiger partial charge in [0, 0.05) is 25.2 Å². The van der Waals surface area contributed by atoms with Crippen molar-refractivity contribution in [1.29, 1.82) is 0 Å². The normalized spacial score (nSPS) is 10.1. The Morgan fingerprint density at radius 1 is 1.47 bits per heavy atom. The van der Waals surface area contributed by atoms with Crippen LogP contribution in [0.1, 0.15) is 6.42 Å². The van der Waals surface area contributed by atoms with Gasteiger partial charge in [0.25, 0.3) is 0 Å². The smallest absolute Gasteiger partial charge is 0.142 e. The maximum absolute atomic E-state index is 8.76. The van der Waals surface area contributed by atoms with Gasteiger partial charge in [-0.3, -0.25) is 0 Å². The van der Waals surface area contributed by atoms with Crippen molar-refractivity contribution in [3.8, 4) is 5.75 Å². The van der Waals surface area contributed by atoms with Crippen LogP contribution in [0.15, 0.2) is 18.2 Å². The maximum atomic E-state index is 8.76. The zero-order chi connectivity index (χ0) is 11.3.